The van der Waals surface area contributed by atoms with Gasteiger partial charge in [0.1, 0.15) is 5.82 Å². The highest BCUT2D eigenvalue weighted by molar-refractivity contribution is 7.09. The normalized spacial score (nSPS) is 12.0. The van der Waals surface area contributed by atoms with Gasteiger partial charge in [-0.2, -0.15) is 0 Å². The Balaban J connectivity index is 1.55. The molecule has 5 nitrogen and oxygen atoms in total. The highest BCUT2D eigenvalue weighted by atomic mass is 32.1. The smallest absolute Gasteiger partial charge is 0.226 e. The van der Waals surface area contributed by atoms with Gasteiger partial charge in [0.05, 0.1) is 27.1 Å². The zero-order valence-electron chi connectivity index (χ0n) is 15.8. The van der Waals surface area contributed by atoms with Crippen molar-refractivity contribution in [1.82, 2.24) is 20.3 Å². The first-order valence-corrected chi connectivity index (χ1v) is 9.89. The number of imidazole rings is 1. The van der Waals surface area contributed by atoms with E-state index in [2.05, 4.69) is 39.5 Å². The molecular weight excluding hydrogens is 344 g/mol. The number of nitrogens with one attached hydrogen (secondary N) is 2. The van der Waals surface area contributed by atoms with Gasteiger partial charge in [0.2, 0.25) is 5.91 Å². The van der Waals surface area contributed by atoms with Gasteiger partial charge in [0.25, 0.3) is 0 Å². The molecule has 1 aromatic carbocycles. The highest BCUT2D eigenvalue weighted by Gasteiger charge is 2.29. The topological polar surface area (TPSA) is 70.7 Å². The van der Waals surface area contributed by atoms with Crippen LogP contribution >= 0.6 is 11.3 Å². The third-order valence-corrected chi connectivity index (χ3v) is 5.59. The summed E-state index contributed by atoms with van der Waals surface area (Å²) in [6, 6.07) is 7.92. The molecule has 0 atom stereocenters. The van der Waals surface area contributed by atoms with E-state index in [9.17, 15) is 4.79 Å². The van der Waals surface area contributed by atoms with Crippen LogP contribution in [0.2, 0.25) is 0 Å². The number of aromatic nitrogens is 3. The summed E-state index contributed by atoms with van der Waals surface area (Å²) in [7, 11) is 0. The van der Waals surface area contributed by atoms with Gasteiger partial charge >= 0.3 is 0 Å². The van der Waals surface area contributed by atoms with Crippen LogP contribution in [0.4, 0.5) is 0 Å². The van der Waals surface area contributed by atoms with Crippen LogP contribution in [0.5, 0.6) is 0 Å². The summed E-state index contributed by atoms with van der Waals surface area (Å²) in [5.41, 5.74) is 2.46. The fourth-order valence-corrected chi connectivity index (χ4v) is 3.70. The zero-order valence-corrected chi connectivity index (χ0v) is 16.6. The number of amides is 1. The number of para-hydroxylation sites is 2. The number of aromatic amines is 1. The standard InChI is InChI=1S/C20H26N4OS/c1-13(2)18-22-14(12-26-18)9-10-21-19(25)20(3,4)11-17-23-15-7-5-6-8-16(15)24-17/h5-8,12-13H,9-11H2,1-4H3,(H,21,25)(H,23,24). The fourth-order valence-electron chi connectivity index (χ4n) is 2.83. The Morgan fingerprint density at radius 2 is 2.04 bits per heavy atom. The maximum Gasteiger partial charge on any atom is 0.226 e. The summed E-state index contributed by atoms with van der Waals surface area (Å²) in [5.74, 6) is 1.33. The lowest BCUT2D eigenvalue weighted by atomic mass is 9.88. The number of hydrogen-bond donors (Lipinski definition) is 2. The van der Waals surface area contributed by atoms with E-state index in [0.717, 1.165) is 34.0 Å². The van der Waals surface area contributed by atoms with Gasteiger partial charge in [0, 0.05) is 30.7 Å². The van der Waals surface area contributed by atoms with Gasteiger partial charge in [-0.25, -0.2) is 9.97 Å². The molecule has 1 amide bonds. The average Bonchev–Trinajstić information content (AvgIpc) is 3.20. The van der Waals surface area contributed by atoms with Gasteiger partial charge in [-0.3, -0.25) is 4.79 Å². The SMILES string of the molecule is CC(C)c1nc(CCNC(=O)C(C)(C)Cc2nc3ccccc3[nH]2)cs1. The molecule has 0 aliphatic rings. The molecule has 3 rings (SSSR count). The first-order chi connectivity index (χ1) is 12.3. The fraction of sp³-hybridized carbons (Fsp3) is 0.450. The van der Waals surface area contributed by atoms with Gasteiger partial charge in [-0.15, -0.1) is 11.3 Å². The van der Waals surface area contributed by atoms with E-state index in [1.165, 1.54) is 0 Å². The molecule has 2 N–H and O–H groups in total. The number of nitrogens with zero attached hydrogens (tertiary/aromatic N) is 2. The molecule has 0 saturated carbocycles. The largest absolute Gasteiger partial charge is 0.355 e. The molecule has 26 heavy (non-hydrogen) atoms. The molecule has 3 aromatic rings. The monoisotopic (exact) mass is 370 g/mol. The van der Waals surface area contributed by atoms with E-state index < -0.39 is 5.41 Å². The van der Waals surface area contributed by atoms with Gasteiger partial charge in [-0.05, 0) is 12.1 Å². The Kier molecular flexibility index (Phi) is 5.41. The lowest BCUT2D eigenvalue weighted by Gasteiger charge is -2.22. The predicted molar refractivity (Wildman–Crippen MR) is 106 cm³/mol. The molecule has 6 heteroatoms. The number of hydrogen-bond acceptors (Lipinski definition) is 4. The minimum atomic E-state index is -0.529. The van der Waals surface area contributed by atoms with Crippen LogP contribution in [-0.4, -0.2) is 27.4 Å². The van der Waals surface area contributed by atoms with Crippen molar-refractivity contribution in [3.63, 3.8) is 0 Å². The predicted octanol–water partition coefficient (Wildman–Crippen LogP) is 4.07. The Morgan fingerprint density at radius 3 is 2.73 bits per heavy atom. The third-order valence-electron chi connectivity index (χ3n) is 4.39. The van der Waals surface area contributed by atoms with Crippen LogP contribution in [0.25, 0.3) is 11.0 Å². The number of rotatable bonds is 7. The van der Waals surface area contributed by atoms with E-state index in [1.54, 1.807) is 11.3 Å². The van der Waals surface area contributed by atoms with Crippen LogP contribution in [0.3, 0.4) is 0 Å². The van der Waals surface area contributed by atoms with Gasteiger partial charge < -0.3 is 10.3 Å². The second kappa shape index (κ2) is 7.58. The first-order valence-electron chi connectivity index (χ1n) is 9.01. The van der Waals surface area contributed by atoms with Gasteiger partial charge in [0.15, 0.2) is 0 Å². The molecule has 0 aliphatic carbocycles. The average molecular weight is 371 g/mol. The van der Waals surface area contributed by atoms with Crippen LogP contribution in [-0.2, 0) is 17.6 Å². The van der Waals surface area contributed by atoms with E-state index in [4.69, 9.17) is 0 Å². The summed E-state index contributed by atoms with van der Waals surface area (Å²) in [5, 5.41) is 6.28. The van der Waals surface area contributed by atoms with Crippen molar-refractivity contribution in [2.75, 3.05) is 6.54 Å². The molecule has 0 aliphatic heterocycles. The van der Waals surface area contributed by atoms with Crippen molar-refractivity contribution in [2.45, 2.75) is 46.5 Å². The van der Waals surface area contributed by atoms with Crippen molar-refractivity contribution in [1.29, 1.82) is 0 Å². The minimum absolute atomic E-state index is 0.0391. The van der Waals surface area contributed by atoms with Crippen molar-refractivity contribution in [2.24, 2.45) is 5.41 Å². The van der Waals surface area contributed by atoms with E-state index in [-0.39, 0.29) is 5.91 Å². The van der Waals surface area contributed by atoms with Crippen molar-refractivity contribution >= 4 is 28.3 Å². The van der Waals surface area contributed by atoms with Crippen LogP contribution < -0.4 is 5.32 Å². The van der Waals surface area contributed by atoms with Crippen LogP contribution in [0, 0.1) is 5.41 Å². The van der Waals surface area contributed by atoms with Gasteiger partial charge in [-0.1, -0.05) is 39.8 Å². The molecule has 0 saturated heterocycles. The second-order valence-electron chi connectivity index (χ2n) is 7.60. The molecule has 0 fully saturated rings. The van der Waals surface area contributed by atoms with E-state index in [1.807, 2.05) is 38.1 Å². The summed E-state index contributed by atoms with van der Waals surface area (Å²) < 4.78 is 0. The number of H-pyrrole nitrogens is 1. The molecule has 0 radical (unpaired) electrons. The Bertz CT molecular complexity index is 861. The minimum Gasteiger partial charge on any atom is -0.355 e. The molecule has 0 bridgehead atoms. The lowest BCUT2D eigenvalue weighted by Crippen LogP contribution is -2.39. The van der Waals surface area contributed by atoms with Crippen molar-refractivity contribution in [3.05, 3.63) is 46.2 Å². The van der Waals surface area contributed by atoms with Crippen LogP contribution in [0.15, 0.2) is 29.6 Å². The first kappa shape index (κ1) is 18.6. The van der Waals surface area contributed by atoms with E-state index >= 15 is 0 Å². The Labute approximate surface area is 158 Å². The maximum atomic E-state index is 12.6. The third kappa shape index (κ3) is 4.30. The Morgan fingerprint density at radius 1 is 1.27 bits per heavy atom. The van der Waals surface area contributed by atoms with Crippen LogP contribution in [0.1, 0.15) is 50.1 Å². The summed E-state index contributed by atoms with van der Waals surface area (Å²) >= 11 is 1.69. The highest BCUT2D eigenvalue weighted by Crippen LogP contribution is 2.23. The number of thiazole rings is 1. The zero-order chi connectivity index (χ0) is 18.7. The quantitative estimate of drug-likeness (QED) is 0.658. The number of carbonyl (C=O) groups excluding carboxylic acids is 1. The lowest BCUT2D eigenvalue weighted by molar-refractivity contribution is -0.129. The maximum absolute atomic E-state index is 12.6. The number of carbonyl (C=O) groups is 1. The second-order valence-corrected chi connectivity index (χ2v) is 8.49. The molecule has 2 heterocycles. The molecule has 0 spiro atoms. The number of fused-ring (bicyclic) bond motifs is 1. The summed E-state index contributed by atoms with van der Waals surface area (Å²) in [4.78, 5) is 25.1. The van der Waals surface area contributed by atoms with Crippen molar-refractivity contribution < 1.29 is 4.79 Å². The molecular formula is C20H26N4OS. The van der Waals surface area contributed by atoms with E-state index in [0.29, 0.717) is 18.9 Å². The molecule has 0 unspecified atom stereocenters. The van der Waals surface area contributed by atoms with Crippen molar-refractivity contribution in [3.8, 4) is 0 Å². The Hall–Kier alpha value is -2.21. The molecule has 2 aromatic heterocycles. The molecule has 138 valence electrons. The summed E-state index contributed by atoms with van der Waals surface area (Å²) in [6.07, 6.45) is 1.33. The summed E-state index contributed by atoms with van der Waals surface area (Å²) in [6.45, 7) is 8.80. The number of benzene rings is 1.